The Hall–Kier alpha value is -3.19. The number of fused-ring (bicyclic) bond motifs is 1. The number of nitrogens with one attached hydrogen (secondary N) is 1. The SMILES string of the molecule is COc1ccc(C(=O)CCN2CCN(C(=O)c3ccc4c(c3)CCC(=O)N4)CC2)cc1. The predicted octanol–water partition coefficient (Wildman–Crippen LogP) is 2.61. The highest BCUT2D eigenvalue weighted by Gasteiger charge is 2.24. The molecule has 0 aliphatic carbocycles. The maximum Gasteiger partial charge on any atom is 0.253 e. The molecule has 1 saturated heterocycles. The Morgan fingerprint density at radius 3 is 2.39 bits per heavy atom. The number of hydrogen-bond donors (Lipinski definition) is 1. The van der Waals surface area contributed by atoms with Gasteiger partial charge in [-0.05, 0) is 54.4 Å². The summed E-state index contributed by atoms with van der Waals surface area (Å²) in [6, 6.07) is 12.7. The smallest absolute Gasteiger partial charge is 0.253 e. The van der Waals surface area contributed by atoms with E-state index in [1.54, 1.807) is 37.4 Å². The summed E-state index contributed by atoms with van der Waals surface area (Å²) in [5, 5.41) is 2.85. The van der Waals surface area contributed by atoms with E-state index in [4.69, 9.17) is 4.74 Å². The second kappa shape index (κ2) is 9.31. The zero-order chi connectivity index (χ0) is 21.8. The second-order valence-electron chi connectivity index (χ2n) is 7.96. The molecule has 162 valence electrons. The lowest BCUT2D eigenvalue weighted by Crippen LogP contribution is -2.49. The largest absolute Gasteiger partial charge is 0.497 e. The molecule has 0 unspecified atom stereocenters. The second-order valence-corrected chi connectivity index (χ2v) is 7.96. The number of ether oxygens (including phenoxy) is 1. The molecule has 0 radical (unpaired) electrons. The summed E-state index contributed by atoms with van der Waals surface area (Å²) in [6.07, 6.45) is 1.58. The van der Waals surface area contributed by atoms with Crippen molar-refractivity contribution in [2.24, 2.45) is 0 Å². The molecule has 7 nitrogen and oxygen atoms in total. The number of piperazine rings is 1. The number of carbonyl (C=O) groups is 3. The van der Waals surface area contributed by atoms with Gasteiger partial charge < -0.3 is 15.0 Å². The highest BCUT2D eigenvalue weighted by atomic mass is 16.5. The van der Waals surface area contributed by atoms with Gasteiger partial charge in [-0.15, -0.1) is 0 Å². The van der Waals surface area contributed by atoms with E-state index >= 15 is 0 Å². The molecule has 1 N–H and O–H groups in total. The number of aryl methyl sites for hydroxylation is 1. The first-order chi connectivity index (χ1) is 15.0. The van der Waals surface area contributed by atoms with Gasteiger partial charge in [0, 0.05) is 62.4 Å². The highest BCUT2D eigenvalue weighted by molar-refractivity contribution is 5.98. The molecule has 2 amide bonds. The van der Waals surface area contributed by atoms with Crippen LogP contribution in [-0.2, 0) is 11.2 Å². The number of hydrogen-bond acceptors (Lipinski definition) is 5. The van der Waals surface area contributed by atoms with Crippen LogP contribution in [0.15, 0.2) is 42.5 Å². The lowest BCUT2D eigenvalue weighted by Gasteiger charge is -2.34. The summed E-state index contributed by atoms with van der Waals surface area (Å²) in [7, 11) is 1.60. The average molecular weight is 421 g/mol. The Kier molecular flexibility index (Phi) is 6.32. The van der Waals surface area contributed by atoms with Crippen LogP contribution in [0.25, 0.3) is 0 Å². The van der Waals surface area contributed by atoms with Crippen LogP contribution in [0.4, 0.5) is 5.69 Å². The monoisotopic (exact) mass is 421 g/mol. The number of nitrogens with zero attached hydrogens (tertiary/aromatic N) is 2. The minimum Gasteiger partial charge on any atom is -0.497 e. The first-order valence-electron chi connectivity index (χ1n) is 10.6. The van der Waals surface area contributed by atoms with Gasteiger partial charge in [0.05, 0.1) is 7.11 Å². The number of anilines is 1. The Bertz CT molecular complexity index is 979. The summed E-state index contributed by atoms with van der Waals surface area (Å²) in [5.74, 6) is 0.894. The molecule has 4 rings (SSSR count). The van der Waals surface area contributed by atoms with Gasteiger partial charge in [-0.1, -0.05) is 0 Å². The van der Waals surface area contributed by atoms with E-state index in [2.05, 4.69) is 10.2 Å². The number of ketones is 1. The van der Waals surface area contributed by atoms with Crippen LogP contribution in [0.1, 0.15) is 39.1 Å². The van der Waals surface area contributed by atoms with Crippen LogP contribution in [0.2, 0.25) is 0 Å². The molecule has 2 aliphatic rings. The minimum absolute atomic E-state index is 0.0215. The van der Waals surface area contributed by atoms with E-state index in [9.17, 15) is 14.4 Å². The standard InChI is InChI=1S/C24H27N3O4/c1-31-20-6-2-17(3-7-20)22(28)10-11-26-12-14-27(15-13-26)24(30)19-4-8-21-18(16-19)5-9-23(29)25-21/h2-4,6-8,16H,5,9-15H2,1H3,(H,25,29). The fourth-order valence-electron chi connectivity index (χ4n) is 4.05. The van der Waals surface area contributed by atoms with Crippen molar-refractivity contribution in [1.82, 2.24) is 9.80 Å². The predicted molar refractivity (Wildman–Crippen MR) is 118 cm³/mol. The number of rotatable bonds is 6. The van der Waals surface area contributed by atoms with Gasteiger partial charge in [0.25, 0.3) is 5.91 Å². The molecule has 2 aromatic carbocycles. The summed E-state index contributed by atoms with van der Waals surface area (Å²) < 4.78 is 5.13. The van der Waals surface area contributed by atoms with Crippen LogP contribution in [0.3, 0.4) is 0 Å². The minimum atomic E-state index is 0.0215. The number of methoxy groups -OCH3 is 1. The van der Waals surface area contributed by atoms with E-state index < -0.39 is 0 Å². The fourth-order valence-corrected chi connectivity index (χ4v) is 4.05. The summed E-state index contributed by atoms with van der Waals surface area (Å²) in [4.78, 5) is 40.9. The lowest BCUT2D eigenvalue weighted by atomic mass is 10.00. The Labute approximate surface area is 182 Å². The van der Waals surface area contributed by atoms with Gasteiger partial charge in [-0.25, -0.2) is 0 Å². The Morgan fingerprint density at radius 2 is 1.68 bits per heavy atom. The van der Waals surface area contributed by atoms with E-state index in [1.165, 1.54) is 0 Å². The first kappa shape index (κ1) is 21.1. The molecule has 0 spiro atoms. The topological polar surface area (TPSA) is 79.0 Å². The normalized spacial score (nSPS) is 16.4. The Morgan fingerprint density at radius 1 is 0.968 bits per heavy atom. The highest BCUT2D eigenvalue weighted by Crippen LogP contribution is 2.24. The van der Waals surface area contributed by atoms with Crippen molar-refractivity contribution in [2.45, 2.75) is 19.3 Å². The molecule has 2 heterocycles. The van der Waals surface area contributed by atoms with Gasteiger partial charge >= 0.3 is 0 Å². The van der Waals surface area contributed by atoms with Crippen LogP contribution in [0, 0.1) is 0 Å². The molecule has 31 heavy (non-hydrogen) atoms. The van der Waals surface area contributed by atoms with Crippen molar-refractivity contribution in [3.05, 3.63) is 59.2 Å². The molecule has 0 atom stereocenters. The first-order valence-corrected chi connectivity index (χ1v) is 10.6. The number of Topliss-reactive ketones (excluding diaryl/α,β-unsaturated/α-hetero) is 1. The van der Waals surface area contributed by atoms with E-state index in [0.29, 0.717) is 50.0 Å². The molecular weight excluding hydrogens is 394 g/mol. The van der Waals surface area contributed by atoms with E-state index in [-0.39, 0.29) is 17.6 Å². The molecule has 1 fully saturated rings. The van der Waals surface area contributed by atoms with Crippen LogP contribution < -0.4 is 10.1 Å². The maximum absolute atomic E-state index is 12.9. The number of amides is 2. The molecule has 0 bridgehead atoms. The quantitative estimate of drug-likeness (QED) is 0.726. The van der Waals surface area contributed by atoms with Crippen molar-refractivity contribution in [3.8, 4) is 5.75 Å². The third kappa shape index (κ3) is 4.94. The van der Waals surface area contributed by atoms with Gasteiger partial charge in [-0.3, -0.25) is 19.3 Å². The van der Waals surface area contributed by atoms with Crippen LogP contribution in [-0.4, -0.2) is 67.2 Å². The van der Waals surface area contributed by atoms with E-state index in [0.717, 1.165) is 30.1 Å². The summed E-state index contributed by atoms with van der Waals surface area (Å²) >= 11 is 0. The summed E-state index contributed by atoms with van der Waals surface area (Å²) in [6.45, 7) is 3.48. The molecule has 2 aliphatic heterocycles. The molecule has 2 aromatic rings. The lowest BCUT2D eigenvalue weighted by molar-refractivity contribution is -0.116. The van der Waals surface area contributed by atoms with Crippen LogP contribution >= 0.6 is 0 Å². The number of carbonyl (C=O) groups excluding carboxylic acids is 3. The van der Waals surface area contributed by atoms with Crippen molar-refractivity contribution in [3.63, 3.8) is 0 Å². The molecule has 0 saturated carbocycles. The molecule has 0 aromatic heterocycles. The molecule has 7 heteroatoms. The number of benzene rings is 2. The third-order valence-electron chi connectivity index (χ3n) is 5.97. The zero-order valence-electron chi connectivity index (χ0n) is 17.7. The zero-order valence-corrected chi connectivity index (χ0v) is 17.7. The van der Waals surface area contributed by atoms with Gasteiger partial charge in [0.15, 0.2) is 5.78 Å². The van der Waals surface area contributed by atoms with Gasteiger partial charge in [-0.2, -0.15) is 0 Å². The van der Waals surface area contributed by atoms with Crippen molar-refractivity contribution in [2.75, 3.05) is 45.2 Å². The van der Waals surface area contributed by atoms with Crippen LogP contribution in [0.5, 0.6) is 5.75 Å². The van der Waals surface area contributed by atoms with Crippen molar-refractivity contribution in [1.29, 1.82) is 0 Å². The third-order valence-corrected chi connectivity index (χ3v) is 5.97. The average Bonchev–Trinajstić information content (AvgIpc) is 2.82. The van der Waals surface area contributed by atoms with Gasteiger partial charge in [0.2, 0.25) is 5.91 Å². The Balaban J connectivity index is 1.27. The summed E-state index contributed by atoms with van der Waals surface area (Å²) in [5.41, 5.74) is 3.18. The van der Waals surface area contributed by atoms with Crippen molar-refractivity contribution >= 4 is 23.3 Å². The molecular formula is C24H27N3O4. The van der Waals surface area contributed by atoms with Gasteiger partial charge in [0.1, 0.15) is 5.75 Å². The van der Waals surface area contributed by atoms with E-state index in [1.807, 2.05) is 17.0 Å². The maximum atomic E-state index is 12.9. The fraction of sp³-hybridized carbons (Fsp3) is 0.375. The van der Waals surface area contributed by atoms with Crippen molar-refractivity contribution < 1.29 is 19.1 Å².